The molecule has 1 fully saturated rings. The molecule has 2 aromatic heterocycles. The highest BCUT2D eigenvalue weighted by atomic mass is 16.5. The summed E-state index contributed by atoms with van der Waals surface area (Å²) in [7, 11) is 0. The number of ether oxygens (including phenoxy) is 2. The first-order valence-electron chi connectivity index (χ1n) is 11.7. The number of nitrogens with one attached hydrogen (secondary N) is 1. The van der Waals surface area contributed by atoms with E-state index in [1.165, 1.54) is 5.56 Å². The van der Waals surface area contributed by atoms with Gasteiger partial charge in [0.15, 0.2) is 0 Å². The SMILES string of the molecule is Cc1cccn2cc(COc3ccccc3C(=O)NCC3(c4ccccc4)CCOCC3)nc12. The number of hydrogen-bond donors (Lipinski definition) is 1. The first-order chi connectivity index (χ1) is 16.6. The molecule has 174 valence electrons. The van der Waals surface area contributed by atoms with Gasteiger partial charge in [0.2, 0.25) is 0 Å². The van der Waals surface area contributed by atoms with Gasteiger partial charge in [-0.1, -0.05) is 48.5 Å². The molecule has 6 heteroatoms. The zero-order chi connectivity index (χ0) is 23.4. The van der Waals surface area contributed by atoms with Crippen LogP contribution in [0.25, 0.3) is 5.65 Å². The van der Waals surface area contributed by atoms with E-state index in [-0.39, 0.29) is 17.9 Å². The predicted octanol–water partition coefficient (Wildman–Crippen LogP) is 4.70. The van der Waals surface area contributed by atoms with Crippen molar-refractivity contribution in [3.8, 4) is 5.75 Å². The van der Waals surface area contributed by atoms with Gasteiger partial charge < -0.3 is 19.2 Å². The summed E-state index contributed by atoms with van der Waals surface area (Å²) in [6.45, 7) is 4.27. The van der Waals surface area contributed by atoms with E-state index in [9.17, 15) is 4.79 Å². The number of pyridine rings is 1. The Morgan fingerprint density at radius 3 is 2.62 bits per heavy atom. The van der Waals surface area contributed by atoms with Crippen molar-refractivity contribution in [3.05, 3.63) is 102 Å². The van der Waals surface area contributed by atoms with Crippen molar-refractivity contribution < 1.29 is 14.3 Å². The van der Waals surface area contributed by atoms with Crippen LogP contribution in [-0.2, 0) is 16.8 Å². The maximum atomic E-state index is 13.2. The van der Waals surface area contributed by atoms with Gasteiger partial charge in [-0.25, -0.2) is 4.98 Å². The third-order valence-electron chi connectivity index (χ3n) is 6.66. The first-order valence-corrected chi connectivity index (χ1v) is 11.7. The molecule has 3 heterocycles. The largest absolute Gasteiger partial charge is 0.486 e. The van der Waals surface area contributed by atoms with E-state index in [2.05, 4.69) is 34.6 Å². The van der Waals surface area contributed by atoms with E-state index in [4.69, 9.17) is 9.47 Å². The second kappa shape index (κ2) is 9.69. The number of amides is 1. The van der Waals surface area contributed by atoms with Gasteiger partial charge in [0.25, 0.3) is 5.91 Å². The van der Waals surface area contributed by atoms with Crippen molar-refractivity contribution in [2.24, 2.45) is 0 Å². The minimum Gasteiger partial charge on any atom is -0.486 e. The number of carbonyl (C=O) groups is 1. The quantitative estimate of drug-likeness (QED) is 0.439. The van der Waals surface area contributed by atoms with Gasteiger partial charge in [-0.2, -0.15) is 0 Å². The number of imidazole rings is 1. The van der Waals surface area contributed by atoms with E-state index in [1.54, 1.807) is 6.07 Å². The highest BCUT2D eigenvalue weighted by Gasteiger charge is 2.35. The van der Waals surface area contributed by atoms with Gasteiger partial charge in [0, 0.05) is 37.6 Å². The molecule has 1 amide bonds. The Labute approximate surface area is 199 Å². The highest BCUT2D eigenvalue weighted by Crippen LogP contribution is 2.34. The molecule has 0 radical (unpaired) electrons. The van der Waals surface area contributed by atoms with Crippen LogP contribution in [0.2, 0.25) is 0 Å². The summed E-state index contributed by atoms with van der Waals surface area (Å²) in [5.41, 5.74) is 4.47. The molecule has 6 nitrogen and oxygen atoms in total. The van der Waals surface area contributed by atoms with E-state index in [0.717, 1.165) is 29.7 Å². The van der Waals surface area contributed by atoms with Crippen molar-refractivity contribution >= 4 is 11.6 Å². The Morgan fingerprint density at radius 2 is 1.82 bits per heavy atom. The fourth-order valence-corrected chi connectivity index (χ4v) is 4.67. The molecule has 0 unspecified atom stereocenters. The molecule has 5 rings (SSSR count). The van der Waals surface area contributed by atoms with Crippen molar-refractivity contribution in [1.82, 2.24) is 14.7 Å². The number of hydrogen-bond acceptors (Lipinski definition) is 4. The fraction of sp³-hybridized carbons (Fsp3) is 0.286. The van der Waals surface area contributed by atoms with Gasteiger partial charge >= 0.3 is 0 Å². The third kappa shape index (κ3) is 4.54. The number of rotatable bonds is 7. The summed E-state index contributed by atoms with van der Waals surface area (Å²) >= 11 is 0. The highest BCUT2D eigenvalue weighted by molar-refractivity contribution is 5.97. The Hall–Kier alpha value is -3.64. The molecule has 4 aromatic rings. The van der Waals surface area contributed by atoms with Gasteiger partial charge in [0.1, 0.15) is 18.0 Å². The lowest BCUT2D eigenvalue weighted by molar-refractivity contribution is 0.0487. The second-order valence-electron chi connectivity index (χ2n) is 8.88. The van der Waals surface area contributed by atoms with E-state index in [0.29, 0.717) is 31.1 Å². The number of nitrogens with zero attached hydrogens (tertiary/aromatic N) is 2. The monoisotopic (exact) mass is 455 g/mol. The van der Waals surface area contributed by atoms with Crippen LogP contribution in [0.3, 0.4) is 0 Å². The molecular formula is C28H29N3O3. The van der Waals surface area contributed by atoms with Crippen molar-refractivity contribution in [2.45, 2.75) is 31.8 Å². The molecule has 0 saturated carbocycles. The zero-order valence-corrected chi connectivity index (χ0v) is 19.4. The smallest absolute Gasteiger partial charge is 0.255 e. The van der Waals surface area contributed by atoms with E-state index in [1.807, 2.05) is 60.1 Å². The molecule has 34 heavy (non-hydrogen) atoms. The van der Waals surface area contributed by atoms with Crippen LogP contribution in [0.15, 0.2) is 79.1 Å². The zero-order valence-electron chi connectivity index (χ0n) is 19.4. The van der Waals surface area contributed by atoms with Crippen molar-refractivity contribution in [2.75, 3.05) is 19.8 Å². The van der Waals surface area contributed by atoms with Crippen molar-refractivity contribution in [1.29, 1.82) is 0 Å². The van der Waals surface area contributed by atoms with E-state index >= 15 is 0 Å². The maximum Gasteiger partial charge on any atom is 0.255 e. The molecular weight excluding hydrogens is 426 g/mol. The summed E-state index contributed by atoms with van der Waals surface area (Å²) in [6, 6.07) is 21.8. The Morgan fingerprint density at radius 1 is 1.06 bits per heavy atom. The predicted molar refractivity (Wildman–Crippen MR) is 131 cm³/mol. The lowest BCUT2D eigenvalue weighted by Crippen LogP contribution is -2.44. The van der Waals surface area contributed by atoms with Crippen LogP contribution in [0, 0.1) is 6.92 Å². The van der Waals surface area contributed by atoms with Gasteiger partial charge in [-0.3, -0.25) is 4.79 Å². The molecule has 1 N–H and O–H groups in total. The Bertz CT molecular complexity index is 1280. The summed E-state index contributed by atoms with van der Waals surface area (Å²) in [5.74, 6) is 0.415. The average molecular weight is 456 g/mol. The standard InChI is InChI=1S/C28H29N3O3/c1-21-8-7-15-31-18-23(30-26(21)31)19-34-25-12-6-5-11-24(25)27(32)29-20-28(13-16-33-17-14-28)22-9-3-2-4-10-22/h2-12,15,18H,13-14,16-17,19-20H2,1H3,(H,29,32). The summed E-state index contributed by atoms with van der Waals surface area (Å²) in [6.07, 6.45) is 5.68. The van der Waals surface area contributed by atoms with Gasteiger partial charge in [-0.15, -0.1) is 0 Å². The second-order valence-corrected chi connectivity index (χ2v) is 8.88. The lowest BCUT2D eigenvalue weighted by atomic mass is 9.74. The summed E-state index contributed by atoms with van der Waals surface area (Å²) < 4.78 is 13.7. The van der Waals surface area contributed by atoms with Crippen LogP contribution in [0.4, 0.5) is 0 Å². The lowest BCUT2D eigenvalue weighted by Gasteiger charge is -2.38. The Balaban J connectivity index is 1.30. The molecule has 0 atom stereocenters. The number of aromatic nitrogens is 2. The molecule has 0 spiro atoms. The normalized spacial score (nSPS) is 15.2. The third-order valence-corrected chi connectivity index (χ3v) is 6.66. The minimum atomic E-state index is -0.136. The Kier molecular flexibility index (Phi) is 6.32. The molecule has 1 aliphatic rings. The van der Waals surface area contributed by atoms with Crippen LogP contribution in [0.1, 0.15) is 40.0 Å². The molecule has 1 saturated heterocycles. The van der Waals surface area contributed by atoms with Crippen LogP contribution >= 0.6 is 0 Å². The fourth-order valence-electron chi connectivity index (χ4n) is 4.67. The molecule has 0 bridgehead atoms. The number of aryl methyl sites for hydroxylation is 1. The van der Waals surface area contributed by atoms with Gasteiger partial charge in [-0.05, 0) is 49.1 Å². The maximum absolute atomic E-state index is 13.2. The number of para-hydroxylation sites is 1. The topological polar surface area (TPSA) is 64.9 Å². The van der Waals surface area contributed by atoms with Gasteiger partial charge in [0.05, 0.1) is 11.3 Å². The van der Waals surface area contributed by atoms with Crippen LogP contribution in [-0.4, -0.2) is 35.1 Å². The summed E-state index contributed by atoms with van der Waals surface area (Å²) in [4.78, 5) is 17.9. The van der Waals surface area contributed by atoms with Crippen LogP contribution < -0.4 is 10.1 Å². The van der Waals surface area contributed by atoms with Crippen LogP contribution in [0.5, 0.6) is 5.75 Å². The minimum absolute atomic E-state index is 0.126. The average Bonchev–Trinajstić information content (AvgIpc) is 3.32. The summed E-state index contributed by atoms with van der Waals surface area (Å²) in [5, 5.41) is 3.18. The molecule has 2 aromatic carbocycles. The van der Waals surface area contributed by atoms with Crippen molar-refractivity contribution in [3.63, 3.8) is 0 Å². The molecule has 0 aliphatic carbocycles. The first kappa shape index (κ1) is 22.2. The number of carbonyl (C=O) groups excluding carboxylic acids is 1. The number of fused-ring (bicyclic) bond motifs is 1. The molecule has 1 aliphatic heterocycles. The number of benzene rings is 2. The van der Waals surface area contributed by atoms with E-state index < -0.39 is 0 Å².